The fourth-order valence-electron chi connectivity index (χ4n) is 3.13. The maximum Gasteiger partial charge on any atom is 0.362 e. The van der Waals surface area contributed by atoms with Gasteiger partial charge in [0.15, 0.2) is 0 Å². The zero-order valence-corrected chi connectivity index (χ0v) is 18.2. The minimum absolute atomic E-state index is 0.163. The lowest BCUT2D eigenvalue weighted by Crippen LogP contribution is -2.66. The summed E-state index contributed by atoms with van der Waals surface area (Å²) in [6.45, 7) is -0.965. The van der Waals surface area contributed by atoms with E-state index in [1.807, 2.05) is 0 Å². The van der Waals surface area contributed by atoms with E-state index in [1.165, 1.54) is 12.1 Å². The molecule has 0 saturated carbocycles. The summed E-state index contributed by atoms with van der Waals surface area (Å²) < 4.78 is 54.9. The number of nitrogens with one attached hydrogen (secondary N) is 2. The lowest BCUT2D eigenvalue weighted by Gasteiger charge is -2.36. The van der Waals surface area contributed by atoms with Crippen LogP contribution < -0.4 is 10.6 Å². The molecule has 174 valence electrons. The monoisotopic (exact) mass is 489 g/mol. The molecule has 2 atom stereocenters. The van der Waals surface area contributed by atoms with E-state index in [9.17, 15) is 36.0 Å². The van der Waals surface area contributed by atoms with Crippen LogP contribution >= 0.6 is 0 Å². The van der Waals surface area contributed by atoms with Gasteiger partial charge in [-0.05, 0) is 5.56 Å². The first-order valence-corrected chi connectivity index (χ1v) is 12.3. The van der Waals surface area contributed by atoms with Crippen LogP contribution in [0.5, 0.6) is 0 Å². The summed E-state index contributed by atoms with van der Waals surface area (Å²) in [7, 11) is -8.62. The van der Waals surface area contributed by atoms with Gasteiger partial charge in [0.05, 0.1) is 25.9 Å². The third-order valence-electron chi connectivity index (χ3n) is 4.77. The minimum Gasteiger partial charge on any atom is -0.341 e. The van der Waals surface area contributed by atoms with Gasteiger partial charge in [0.25, 0.3) is 5.91 Å². The number of benzene rings is 1. The molecule has 1 unspecified atom stereocenters. The number of sulfonamides is 1. The molecule has 0 radical (unpaired) electrons. The van der Waals surface area contributed by atoms with Crippen molar-refractivity contribution in [2.45, 2.75) is 12.1 Å². The van der Waals surface area contributed by atoms with Crippen molar-refractivity contribution in [2.75, 3.05) is 25.9 Å². The number of imide groups is 1. The Hall–Kier alpha value is -3.24. The summed E-state index contributed by atoms with van der Waals surface area (Å²) in [5, 5.41) is 4.60. The topological polar surface area (TPSA) is 191 Å². The molecular formula is C16H19N5O9S2. The van der Waals surface area contributed by atoms with E-state index in [0.29, 0.717) is 9.21 Å². The molecule has 16 heteroatoms. The predicted octanol–water partition coefficient (Wildman–Crippen LogP) is -1.74. The van der Waals surface area contributed by atoms with Gasteiger partial charge in [-0.3, -0.25) is 14.1 Å². The van der Waals surface area contributed by atoms with Crippen molar-refractivity contribution in [3.63, 3.8) is 0 Å². The number of amides is 6. The molecule has 2 fully saturated rings. The highest BCUT2D eigenvalue weighted by Crippen LogP contribution is 2.19. The molecule has 3 rings (SSSR count). The normalized spacial score (nSPS) is 20.1. The first-order valence-electron chi connectivity index (χ1n) is 9.04. The van der Waals surface area contributed by atoms with Gasteiger partial charge in [0, 0.05) is 0 Å². The molecule has 6 amide bonds. The Kier molecular flexibility index (Phi) is 6.12. The van der Waals surface area contributed by atoms with Gasteiger partial charge in [-0.25, -0.2) is 31.5 Å². The van der Waals surface area contributed by atoms with E-state index in [1.54, 1.807) is 18.2 Å². The highest BCUT2D eigenvalue weighted by molar-refractivity contribution is 7.88. The average Bonchev–Trinajstić information content (AvgIpc) is 3.10. The van der Waals surface area contributed by atoms with Crippen molar-refractivity contribution >= 4 is 44.2 Å². The van der Waals surface area contributed by atoms with Crippen LogP contribution in [0.25, 0.3) is 0 Å². The number of hydrogen-bond donors (Lipinski definition) is 3. The van der Waals surface area contributed by atoms with Crippen molar-refractivity contribution in [1.82, 2.24) is 24.1 Å². The predicted molar refractivity (Wildman–Crippen MR) is 107 cm³/mol. The summed E-state index contributed by atoms with van der Waals surface area (Å²) in [5.74, 6) is -1.94. The third-order valence-corrected chi connectivity index (χ3v) is 6.79. The molecule has 1 aromatic carbocycles. The van der Waals surface area contributed by atoms with Crippen LogP contribution in [0, 0.1) is 0 Å². The SMILES string of the molecule is CS(=O)(=O)N1CCN(C(=O)NC(C(=O)N[C@H]2CN(S(=O)(=O)O)C2=O)c2ccccc2)C1=O. The molecular weight excluding hydrogens is 470 g/mol. The molecule has 14 nitrogen and oxygen atoms in total. The highest BCUT2D eigenvalue weighted by Gasteiger charge is 2.45. The van der Waals surface area contributed by atoms with Gasteiger partial charge in [0.1, 0.15) is 12.1 Å². The number of carbonyl (C=O) groups excluding carboxylic acids is 4. The number of β-lactam (4-membered cyclic amide) rings is 1. The first kappa shape index (κ1) is 23.4. The Labute approximate surface area is 183 Å². The number of nitrogens with zero attached hydrogens (tertiary/aromatic N) is 3. The zero-order valence-electron chi connectivity index (χ0n) is 16.5. The van der Waals surface area contributed by atoms with Crippen molar-refractivity contribution < 1.29 is 40.6 Å². The molecule has 32 heavy (non-hydrogen) atoms. The van der Waals surface area contributed by atoms with Gasteiger partial charge in [-0.15, -0.1) is 0 Å². The first-order chi connectivity index (χ1) is 14.8. The maximum atomic E-state index is 12.8. The van der Waals surface area contributed by atoms with Crippen LogP contribution in [0.1, 0.15) is 11.6 Å². The van der Waals surface area contributed by atoms with Crippen LogP contribution in [0.3, 0.4) is 0 Å². The van der Waals surface area contributed by atoms with Crippen LogP contribution in [0.2, 0.25) is 0 Å². The van der Waals surface area contributed by atoms with Gasteiger partial charge < -0.3 is 10.6 Å². The Morgan fingerprint density at radius 1 is 1.06 bits per heavy atom. The van der Waals surface area contributed by atoms with Gasteiger partial charge in [-0.1, -0.05) is 30.3 Å². The second kappa shape index (κ2) is 8.36. The summed E-state index contributed by atoms with van der Waals surface area (Å²) in [4.78, 5) is 50.2. The minimum atomic E-state index is -4.75. The summed E-state index contributed by atoms with van der Waals surface area (Å²) >= 11 is 0. The lowest BCUT2D eigenvalue weighted by atomic mass is 10.0. The van der Waals surface area contributed by atoms with E-state index in [-0.39, 0.29) is 23.0 Å². The quantitative estimate of drug-likeness (QED) is 0.308. The zero-order chi connectivity index (χ0) is 23.8. The molecule has 0 bridgehead atoms. The van der Waals surface area contributed by atoms with Crippen molar-refractivity contribution in [2.24, 2.45) is 0 Å². The summed E-state index contributed by atoms with van der Waals surface area (Å²) in [6, 6.07) is 3.02. The molecule has 2 heterocycles. The van der Waals surface area contributed by atoms with Crippen molar-refractivity contribution in [3.05, 3.63) is 35.9 Å². The smallest absolute Gasteiger partial charge is 0.341 e. The van der Waals surface area contributed by atoms with E-state index in [0.717, 1.165) is 6.26 Å². The second-order valence-electron chi connectivity index (χ2n) is 6.97. The van der Waals surface area contributed by atoms with E-state index in [4.69, 9.17) is 4.55 Å². The largest absolute Gasteiger partial charge is 0.362 e. The molecule has 2 aliphatic rings. The molecule has 1 aromatic rings. The van der Waals surface area contributed by atoms with E-state index < -0.39 is 62.8 Å². The molecule has 2 aliphatic heterocycles. The van der Waals surface area contributed by atoms with Gasteiger partial charge >= 0.3 is 22.4 Å². The van der Waals surface area contributed by atoms with Crippen LogP contribution in [0.15, 0.2) is 30.3 Å². The van der Waals surface area contributed by atoms with Crippen LogP contribution in [-0.4, -0.2) is 90.7 Å². The van der Waals surface area contributed by atoms with Crippen LogP contribution in [0.4, 0.5) is 9.59 Å². The molecule has 3 N–H and O–H groups in total. The lowest BCUT2D eigenvalue weighted by molar-refractivity contribution is -0.141. The Morgan fingerprint density at radius 3 is 2.19 bits per heavy atom. The number of urea groups is 2. The van der Waals surface area contributed by atoms with E-state index in [2.05, 4.69) is 10.6 Å². The fraction of sp³-hybridized carbons (Fsp3) is 0.375. The summed E-state index contributed by atoms with van der Waals surface area (Å²) in [6.07, 6.45) is 0.817. The third kappa shape index (κ3) is 4.66. The van der Waals surface area contributed by atoms with Gasteiger partial charge in [0.2, 0.25) is 15.9 Å². The molecule has 2 saturated heterocycles. The molecule has 0 aliphatic carbocycles. The fourth-order valence-corrected chi connectivity index (χ4v) is 4.61. The van der Waals surface area contributed by atoms with Crippen LogP contribution in [-0.2, 0) is 29.9 Å². The Morgan fingerprint density at radius 2 is 1.69 bits per heavy atom. The Bertz CT molecular complexity index is 1170. The maximum absolute atomic E-state index is 12.8. The van der Waals surface area contributed by atoms with E-state index >= 15 is 0 Å². The molecule has 0 aromatic heterocycles. The standard InChI is InChI=1S/C16H19N5O9S2/c1-31(26,27)20-8-7-19(16(20)25)15(24)18-12(10-5-3-2-4-6-10)13(22)17-11-9-21(14(11)23)32(28,29)30/h2-6,11-12H,7-9H2,1H3,(H,17,22)(H,18,24)(H,28,29,30)/t11-,12?/m0/s1. The highest BCUT2D eigenvalue weighted by atomic mass is 32.2. The average molecular weight is 489 g/mol. The summed E-state index contributed by atoms with van der Waals surface area (Å²) in [5.41, 5.74) is 0.281. The number of rotatable bonds is 6. The van der Waals surface area contributed by atoms with Crippen molar-refractivity contribution in [3.8, 4) is 0 Å². The Balaban J connectivity index is 1.75. The number of hydrogen-bond acceptors (Lipinski definition) is 8. The second-order valence-corrected chi connectivity index (χ2v) is 10.2. The molecule has 0 spiro atoms. The number of carbonyl (C=O) groups is 4. The van der Waals surface area contributed by atoms with Gasteiger partial charge in [-0.2, -0.15) is 8.42 Å². The van der Waals surface area contributed by atoms with Crippen molar-refractivity contribution in [1.29, 1.82) is 0 Å².